The molecular formula is C29H33NO6. The van der Waals surface area contributed by atoms with Gasteiger partial charge in [-0.2, -0.15) is 0 Å². The summed E-state index contributed by atoms with van der Waals surface area (Å²) in [5.41, 5.74) is 1.87. The molecule has 3 aromatic rings. The number of amides is 1. The van der Waals surface area contributed by atoms with Gasteiger partial charge in [-0.1, -0.05) is 31.2 Å². The summed E-state index contributed by atoms with van der Waals surface area (Å²) >= 11 is 0. The monoisotopic (exact) mass is 491 g/mol. The summed E-state index contributed by atoms with van der Waals surface area (Å²) in [4.78, 5) is 27.2. The molecule has 4 rings (SSSR count). The largest absolute Gasteiger partial charge is 0.490 e. The minimum Gasteiger partial charge on any atom is -0.490 e. The number of fused-ring (bicyclic) bond motifs is 2. The van der Waals surface area contributed by atoms with E-state index in [9.17, 15) is 14.7 Å². The summed E-state index contributed by atoms with van der Waals surface area (Å²) in [5.74, 6) is 0.601. The lowest BCUT2D eigenvalue weighted by Gasteiger charge is -2.24. The van der Waals surface area contributed by atoms with Crippen LogP contribution in [0, 0.1) is 6.92 Å². The Morgan fingerprint density at radius 3 is 2.19 bits per heavy atom. The van der Waals surface area contributed by atoms with Gasteiger partial charge >= 0.3 is 5.97 Å². The van der Waals surface area contributed by atoms with E-state index in [1.165, 1.54) is 4.90 Å². The second-order valence-corrected chi connectivity index (χ2v) is 9.55. The lowest BCUT2D eigenvalue weighted by Crippen LogP contribution is -2.28. The van der Waals surface area contributed by atoms with Gasteiger partial charge in [-0.25, -0.2) is 0 Å². The average Bonchev–Trinajstić information content (AvgIpc) is 3.06. The van der Waals surface area contributed by atoms with Gasteiger partial charge in [0.05, 0.1) is 29.0 Å². The quantitative estimate of drug-likeness (QED) is 0.304. The first-order valence-corrected chi connectivity index (χ1v) is 12.4. The first-order chi connectivity index (χ1) is 17.1. The Bertz CT molecular complexity index is 1310. The Balaban J connectivity index is 1.87. The van der Waals surface area contributed by atoms with Crippen molar-refractivity contribution in [3.05, 3.63) is 59.2 Å². The summed E-state index contributed by atoms with van der Waals surface area (Å²) in [6.07, 6.45) is -0.632. The van der Waals surface area contributed by atoms with Crippen molar-refractivity contribution >= 4 is 28.3 Å². The Kier molecular flexibility index (Phi) is 7.22. The fraction of sp³-hybridized carbons (Fsp3) is 0.379. The molecule has 190 valence electrons. The van der Waals surface area contributed by atoms with Crippen LogP contribution >= 0.6 is 0 Å². The highest BCUT2D eigenvalue weighted by Gasteiger charge is 2.44. The predicted octanol–water partition coefficient (Wildman–Crippen LogP) is 6.08. The molecule has 1 N–H and O–H groups in total. The van der Waals surface area contributed by atoms with Crippen LogP contribution in [0.5, 0.6) is 17.2 Å². The number of nitrogens with zero attached hydrogens (tertiary/aromatic N) is 1. The van der Waals surface area contributed by atoms with Gasteiger partial charge < -0.3 is 19.3 Å². The number of anilines is 1. The molecule has 7 heteroatoms. The van der Waals surface area contributed by atoms with E-state index in [0.29, 0.717) is 52.5 Å². The van der Waals surface area contributed by atoms with Crippen LogP contribution in [0.3, 0.4) is 0 Å². The number of rotatable bonds is 8. The van der Waals surface area contributed by atoms with Crippen molar-refractivity contribution in [2.75, 3.05) is 4.90 Å². The smallest absolute Gasteiger partial charge is 0.311 e. The molecule has 0 bridgehead atoms. The number of esters is 1. The third-order valence-corrected chi connectivity index (χ3v) is 5.91. The predicted molar refractivity (Wildman–Crippen MR) is 139 cm³/mol. The molecule has 0 fully saturated rings. The average molecular weight is 492 g/mol. The molecule has 36 heavy (non-hydrogen) atoms. The molecule has 1 unspecified atom stereocenters. The third kappa shape index (κ3) is 4.63. The van der Waals surface area contributed by atoms with Gasteiger partial charge in [0.15, 0.2) is 6.23 Å². The number of aryl methyl sites for hydroxylation is 1. The van der Waals surface area contributed by atoms with Crippen LogP contribution in [0.15, 0.2) is 42.5 Å². The second kappa shape index (κ2) is 10.2. The molecule has 0 saturated carbocycles. The zero-order chi connectivity index (χ0) is 26.1. The number of aliphatic hydroxyl groups excluding tert-OH is 1. The van der Waals surface area contributed by atoms with Gasteiger partial charge in [0.2, 0.25) is 0 Å². The minimum absolute atomic E-state index is 0.176. The molecule has 7 nitrogen and oxygen atoms in total. The first-order valence-electron chi connectivity index (χ1n) is 12.4. The van der Waals surface area contributed by atoms with Crippen molar-refractivity contribution in [2.24, 2.45) is 0 Å². The maximum absolute atomic E-state index is 13.9. The van der Waals surface area contributed by atoms with Crippen LogP contribution in [0.1, 0.15) is 75.2 Å². The number of hydrogen-bond donors (Lipinski definition) is 1. The second-order valence-electron chi connectivity index (χ2n) is 9.55. The molecule has 3 aromatic carbocycles. The Morgan fingerprint density at radius 2 is 1.61 bits per heavy atom. The third-order valence-electron chi connectivity index (χ3n) is 5.91. The number of carbonyl (C=O) groups is 2. The van der Waals surface area contributed by atoms with Gasteiger partial charge in [-0.15, -0.1) is 0 Å². The van der Waals surface area contributed by atoms with Crippen molar-refractivity contribution in [1.82, 2.24) is 0 Å². The highest BCUT2D eigenvalue weighted by molar-refractivity contribution is 6.17. The fourth-order valence-electron chi connectivity index (χ4n) is 4.52. The SMILES string of the molecule is CCCC(=O)Oc1ccc(N2C(=O)c3c(c(OC(C)C)c4ccccc4c3OC(C)C)C2O)c(C)c1. The van der Waals surface area contributed by atoms with Crippen molar-refractivity contribution in [3.8, 4) is 17.2 Å². The van der Waals surface area contributed by atoms with Crippen molar-refractivity contribution < 1.29 is 28.9 Å². The molecule has 1 amide bonds. The zero-order valence-electron chi connectivity index (χ0n) is 21.6. The van der Waals surface area contributed by atoms with E-state index in [0.717, 1.165) is 10.8 Å². The van der Waals surface area contributed by atoms with Crippen LogP contribution in [0.25, 0.3) is 10.8 Å². The Hall–Kier alpha value is -3.58. The number of hydrogen-bond acceptors (Lipinski definition) is 6. The standard InChI is InChI=1S/C29H33NO6/c1-7-10-23(31)36-19-13-14-22(18(6)15-19)30-28(32)24-25(29(30)33)27(35-17(4)5)21-12-9-8-11-20(21)26(24)34-16(2)3/h8-9,11-17,28,32H,7,10H2,1-6H3. The highest BCUT2D eigenvalue weighted by Crippen LogP contribution is 2.51. The molecule has 0 aromatic heterocycles. The van der Waals surface area contributed by atoms with E-state index in [1.807, 2.05) is 65.8 Å². The fourth-order valence-corrected chi connectivity index (χ4v) is 4.52. The molecule has 1 aliphatic rings. The topological polar surface area (TPSA) is 85.3 Å². The normalized spacial score (nSPS) is 15.1. The van der Waals surface area contributed by atoms with E-state index < -0.39 is 6.23 Å². The summed E-state index contributed by atoms with van der Waals surface area (Å²) in [7, 11) is 0. The molecular weight excluding hydrogens is 458 g/mol. The maximum atomic E-state index is 13.9. The van der Waals surface area contributed by atoms with Crippen LogP contribution in [-0.4, -0.2) is 29.2 Å². The van der Waals surface area contributed by atoms with Crippen LogP contribution < -0.4 is 19.1 Å². The zero-order valence-corrected chi connectivity index (χ0v) is 21.6. The minimum atomic E-state index is -1.28. The van der Waals surface area contributed by atoms with Crippen molar-refractivity contribution in [1.29, 1.82) is 0 Å². The lowest BCUT2D eigenvalue weighted by molar-refractivity contribution is -0.134. The number of aliphatic hydroxyl groups is 1. The molecule has 1 aliphatic heterocycles. The highest BCUT2D eigenvalue weighted by atomic mass is 16.5. The molecule has 0 radical (unpaired) electrons. The molecule has 0 saturated heterocycles. The number of ether oxygens (including phenoxy) is 3. The summed E-state index contributed by atoms with van der Waals surface area (Å²) in [6.45, 7) is 11.3. The van der Waals surface area contributed by atoms with Crippen LogP contribution in [0.4, 0.5) is 5.69 Å². The van der Waals surface area contributed by atoms with Gasteiger partial charge in [0, 0.05) is 17.2 Å². The lowest BCUT2D eigenvalue weighted by atomic mass is 9.98. The van der Waals surface area contributed by atoms with Gasteiger partial charge in [-0.3, -0.25) is 14.5 Å². The molecule has 0 spiro atoms. The molecule has 1 atom stereocenters. The molecule has 0 aliphatic carbocycles. The van der Waals surface area contributed by atoms with E-state index in [-0.39, 0.29) is 24.1 Å². The maximum Gasteiger partial charge on any atom is 0.311 e. The Morgan fingerprint density at radius 1 is 1.00 bits per heavy atom. The van der Waals surface area contributed by atoms with Gasteiger partial charge in [0.25, 0.3) is 5.91 Å². The van der Waals surface area contributed by atoms with E-state index in [2.05, 4.69) is 0 Å². The van der Waals surface area contributed by atoms with Crippen LogP contribution in [0.2, 0.25) is 0 Å². The van der Waals surface area contributed by atoms with Gasteiger partial charge in [0.1, 0.15) is 17.2 Å². The number of benzene rings is 3. The van der Waals surface area contributed by atoms with Crippen molar-refractivity contribution in [2.45, 2.75) is 72.8 Å². The van der Waals surface area contributed by atoms with E-state index >= 15 is 0 Å². The van der Waals surface area contributed by atoms with Crippen LogP contribution in [-0.2, 0) is 4.79 Å². The van der Waals surface area contributed by atoms with Gasteiger partial charge in [-0.05, 0) is 64.8 Å². The summed E-state index contributed by atoms with van der Waals surface area (Å²) < 4.78 is 17.8. The summed E-state index contributed by atoms with van der Waals surface area (Å²) in [5, 5.41) is 13.1. The summed E-state index contributed by atoms with van der Waals surface area (Å²) in [6, 6.07) is 12.6. The van der Waals surface area contributed by atoms with Crippen molar-refractivity contribution in [3.63, 3.8) is 0 Å². The van der Waals surface area contributed by atoms with E-state index in [4.69, 9.17) is 14.2 Å². The number of carbonyl (C=O) groups excluding carboxylic acids is 2. The van der Waals surface area contributed by atoms with E-state index in [1.54, 1.807) is 18.2 Å². The first kappa shape index (κ1) is 25.5. The Labute approximate surface area is 211 Å². The molecule has 1 heterocycles.